The van der Waals surface area contributed by atoms with Gasteiger partial charge in [0.05, 0.1) is 30.5 Å². The quantitative estimate of drug-likeness (QED) is 0.833. The number of alkyl halides is 3. The number of ether oxygens (including phenoxy) is 1. The summed E-state index contributed by atoms with van der Waals surface area (Å²) in [5.74, 6) is 0.177. The molecule has 2 aromatic carbocycles. The third kappa shape index (κ3) is 4.53. The van der Waals surface area contributed by atoms with Crippen molar-refractivity contribution in [3.63, 3.8) is 0 Å². The number of carbonyl (C=O) groups excluding carboxylic acids is 1. The van der Waals surface area contributed by atoms with Gasteiger partial charge in [-0.3, -0.25) is 4.79 Å². The lowest BCUT2D eigenvalue weighted by Crippen LogP contribution is -2.22. The maximum absolute atomic E-state index is 13.1. The van der Waals surface area contributed by atoms with E-state index in [0.29, 0.717) is 17.0 Å². The number of hydrogen-bond donors (Lipinski definition) is 1. The molecule has 3 rings (SSSR count). The van der Waals surface area contributed by atoms with Crippen LogP contribution >= 0.6 is 0 Å². The molecule has 2 aromatic rings. The van der Waals surface area contributed by atoms with E-state index in [9.17, 15) is 18.0 Å². The number of amides is 1. The molecule has 7 heteroatoms. The molecule has 1 aliphatic rings. The molecular weight excluding hydrogens is 357 g/mol. The topological polar surface area (TPSA) is 41.6 Å². The minimum absolute atomic E-state index is 0.0136. The van der Waals surface area contributed by atoms with E-state index >= 15 is 0 Å². The highest BCUT2D eigenvalue weighted by Gasteiger charge is 2.32. The van der Waals surface area contributed by atoms with Gasteiger partial charge in [-0.2, -0.15) is 13.2 Å². The summed E-state index contributed by atoms with van der Waals surface area (Å²) >= 11 is 0. The first-order valence-corrected chi connectivity index (χ1v) is 8.76. The molecule has 1 amide bonds. The fourth-order valence-corrected chi connectivity index (χ4v) is 3.26. The smallest absolute Gasteiger partial charge is 0.416 e. The lowest BCUT2D eigenvalue weighted by atomic mass is 10.1. The number of para-hydroxylation sites is 1. The van der Waals surface area contributed by atoms with Crippen molar-refractivity contribution in [1.29, 1.82) is 0 Å². The average Bonchev–Trinajstić information content (AvgIpc) is 3.15. The van der Waals surface area contributed by atoms with Gasteiger partial charge in [0.2, 0.25) is 5.91 Å². The van der Waals surface area contributed by atoms with Gasteiger partial charge in [-0.15, -0.1) is 0 Å². The van der Waals surface area contributed by atoms with Crippen molar-refractivity contribution >= 4 is 17.3 Å². The normalized spacial score (nSPS) is 14.3. The molecule has 4 nitrogen and oxygen atoms in total. The van der Waals surface area contributed by atoms with Crippen molar-refractivity contribution in [2.75, 3.05) is 30.4 Å². The molecule has 1 aliphatic heterocycles. The van der Waals surface area contributed by atoms with Gasteiger partial charge in [-0.1, -0.05) is 18.2 Å². The molecule has 27 heavy (non-hydrogen) atoms. The Labute approximate surface area is 155 Å². The Morgan fingerprint density at radius 2 is 1.85 bits per heavy atom. The molecule has 0 atom stereocenters. The maximum Gasteiger partial charge on any atom is 0.416 e. The van der Waals surface area contributed by atoms with Gasteiger partial charge in [0.25, 0.3) is 0 Å². The predicted octanol–water partition coefficient (Wildman–Crippen LogP) is 4.50. The Morgan fingerprint density at radius 1 is 1.15 bits per heavy atom. The second-order valence-electron chi connectivity index (χ2n) is 6.46. The van der Waals surface area contributed by atoms with Crippen LogP contribution in [0.1, 0.15) is 24.0 Å². The van der Waals surface area contributed by atoms with Crippen LogP contribution in [0.25, 0.3) is 0 Å². The number of nitrogens with one attached hydrogen (secondary N) is 1. The zero-order chi connectivity index (χ0) is 19.4. The first-order chi connectivity index (χ1) is 12.9. The van der Waals surface area contributed by atoms with Crippen LogP contribution in [0, 0.1) is 0 Å². The second-order valence-corrected chi connectivity index (χ2v) is 6.46. The third-order valence-corrected chi connectivity index (χ3v) is 4.59. The van der Waals surface area contributed by atoms with Crippen LogP contribution in [0.4, 0.5) is 24.5 Å². The highest BCUT2D eigenvalue weighted by Crippen LogP contribution is 2.36. The number of rotatable bonds is 5. The number of anilines is 2. The van der Waals surface area contributed by atoms with Gasteiger partial charge in [0.1, 0.15) is 5.75 Å². The Morgan fingerprint density at radius 3 is 2.52 bits per heavy atom. The number of benzene rings is 2. The summed E-state index contributed by atoms with van der Waals surface area (Å²) in [7, 11) is 1.51. The van der Waals surface area contributed by atoms with Crippen molar-refractivity contribution in [2.45, 2.75) is 25.4 Å². The number of methoxy groups -OCH3 is 1. The summed E-state index contributed by atoms with van der Waals surface area (Å²) in [6.07, 6.45) is -2.49. The first-order valence-electron chi connectivity index (χ1n) is 8.76. The van der Waals surface area contributed by atoms with Gasteiger partial charge in [-0.05, 0) is 37.1 Å². The molecule has 0 saturated carbocycles. The fourth-order valence-electron chi connectivity index (χ4n) is 3.26. The van der Waals surface area contributed by atoms with E-state index < -0.39 is 11.7 Å². The maximum atomic E-state index is 13.1. The van der Waals surface area contributed by atoms with Crippen LogP contribution in [0.15, 0.2) is 42.5 Å². The molecule has 1 N–H and O–H groups in total. The Balaban J connectivity index is 1.85. The highest BCUT2D eigenvalue weighted by atomic mass is 19.4. The summed E-state index contributed by atoms with van der Waals surface area (Å²) in [5.41, 5.74) is 0.700. The van der Waals surface area contributed by atoms with E-state index in [1.165, 1.54) is 13.2 Å². The standard InChI is InChI=1S/C20H21F3N2O2/c1-27-18-7-3-2-6-14(18)12-19(26)24-16-13-15(20(21,22)23)8-9-17(16)25-10-4-5-11-25/h2-3,6-9,13H,4-5,10-12H2,1H3,(H,24,26). The Bertz CT molecular complexity index is 815. The monoisotopic (exact) mass is 378 g/mol. The second kappa shape index (κ2) is 7.90. The van der Waals surface area contributed by atoms with E-state index in [1.807, 2.05) is 4.90 Å². The molecule has 0 spiro atoms. The summed E-state index contributed by atoms with van der Waals surface area (Å²) in [5, 5.41) is 2.66. The average molecular weight is 378 g/mol. The van der Waals surface area contributed by atoms with E-state index in [0.717, 1.165) is 38.1 Å². The van der Waals surface area contributed by atoms with Crippen molar-refractivity contribution in [2.24, 2.45) is 0 Å². The van der Waals surface area contributed by atoms with Crippen molar-refractivity contribution in [1.82, 2.24) is 0 Å². The molecule has 0 radical (unpaired) electrons. The van der Waals surface area contributed by atoms with Gasteiger partial charge < -0.3 is 15.0 Å². The lowest BCUT2D eigenvalue weighted by Gasteiger charge is -2.23. The number of halogens is 3. The zero-order valence-corrected chi connectivity index (χ0v) is 15.0. The van der Waals surface area contributed by atoms with Gasteiger partial charge in [0, 0.05) is 18.7 Å². The van der Waals surface area contributed by atoms with Gasteiger partial charge in [-0.25, -0.2) is 0 Å². The van der Waals surface area contributed by atoms with Crippen molar-refractivity contribution in [3.05, 3.63) is 53.6 Å². The van der Waals surface area contributed by atoms with E-state index in [-0.39, 0.29) is 18.0 Å². The molecule has 1 heterocycles. The SMILES string of the molecule is COc1ccccc1CC(=O)Nc1cc(C(F)(F)F)ccc1N1CCCC1. The molecule has 1 fully saturated rings. The lowest BCUT2D eigenvalue weighted by molar-refractivity contribution is -0.137. The number of nitrogens with zero attached hydrogens (tertiary/aromatic N) is 1. The predicted molar refractivity (Wildman–Crippen MR) is 98.2 cm³/mol. The highest BCUT2D eigenvalue weighted by molar-refractivity contribution is 5.96. The zero-order valence-electron chi connectivity index (χ0n) is 15.0. The van der Waals surface area contributed by atoms with Crippen molar-refractivity contribution in [3.8, 4) is 5.75 Å². The number of hydrogen-bond acceptors (Lipinski definition) is 3. The van der Waals surface area contributed by atoms with Crippen LogP contribution in [-0.4, -0.2) is 26.1 Å². The molecule has 0 aliphatic carbocycles. The fraction of sp³-hybridized carbons (Fsp3) is 0.350. The van der Waals surface area contributed by atoms with Gasteiger partial charge in [0.15, 0.2) is 0 Å². The van der Waals surface area contributed by atoms with Crippen molar-refractivity contribution < 1.29 is 22.7 Å². The van der Waals surface area contributed by atoms with E-state index in [2.05, 4.69) is 5.32 Å². The van der Waals surface area contributed by atoms with Crippen LogP contribution in [0.5, 0.6) is 5.75 Å². The summed E-state index contributed by atoms with van der Waals surface area (Å²) in [6.45, 7) is 1.53. The molecule has 1 saturated heterocycles. The Hall–Kier alpha value is -2.70. The number of carbonyl (C=O) groups is 1. The third-order valence-electron chi connectivity index (χ3n) is 4.59. The molecular formula is C20H21F3N2O2. The van der Waals surface area contributed by atoms with E-state index in [1.54, 1.807) is 24.3 Å². The minimum Gasteiger partial charge on any atom is -0.496 e. The van der Waals surface area contributed by atoms with Crippen LogP contribution < -0.4 is 15.0 Å². The molecule has 0 bridgehead atoms. The summed E-state index contributed by atoms with van der Waals surface area (Å²) < 4.78 is 44.6. The Kier molecular flexibility index (Phi) is 5.58. The first kappa shape index (κ1) is 19.1. The summed E-state index contributed by atoms with van der Waals surface area (Å²) in [6, 6.07) is 10.6. The minimum atomic E-state index is -4.47. The van der Waals surface area contributed by atoms with Crippen LogP contribution in [0.2, 0.25) is 0 Å². The van der Waals surface area contributed by atoms with E-state index in [4.69, 9.17) is 4.74 Å². The van der Waals surface area contributed by atoms with Crippen LogP contribution in [-0.2, 0) is 17.4 Å². The summed E-state index contributed by atoms with van der Waals surface area (Å²) in [4.78, 5) is 14.5. The largest absolute Gasteiger partial charge is 0.496 e. The molecule has 0 unspecified atom stereocenters. The molecule has 144 valence electrons. The van der Waals surface area contributed by atoms with Gasteiger partial charge >= 0.3 is 6.18 Å². The molecule has 0 aromatic heterocycles. The van der Waals surface area contributed by atoms with Crippen LogP contribution in [0.3, 0.4) is 0 Å².